The molecule has 0 unspecified atom stereocenters. The number of hydrogen-bond donors (Lipinski definition) is 1. The molecule has 1 aromatic carbocycles. The van der Waals surface area contributed by atoms with Gasteiger partial charge in [0, 0.05) is 50.7 Å². The Morgan fingerprint density at radius 3 is 2.48 bits per heavy atom. The predicted octanol–water partition coefficient (Wildman–Crippen LogP) is 2.76. The summed E-state index contributed by atoms with van der Waals surface area (Å²) in [5.74, 6) is -1.23. The van der Waals surface area contributed by atoms with Crippen molar-refractivity contribution < 1.29 is 23.4 Å². The number of benzene rings is 1. The zero-order valence-electron chi connectivity index (χ0n) is 16.0. The average molecular weight is 384 g/mol. The Labute approximate surface area is 159 Å². The highest BCUT2D eigenvalue weighted by molar-refractivity contribution is 5.40. The van der Waals surface area contributed by atoms with Crippen LogP contribution >= 0.6 is 0 Å². The minimum Gasteiger partial charge on any atom is -0.497 e. The summed E-state index contributed by atoms with van der Waals surface area (Å²) in [4.78, 5) is 4.27. The number of piperidine rings is 1. The molecule has 27 heavy (non-hydrogen) atoms. The van der Waals surface area contributed by atoms with Crippen LogP contribution in [0.1, 0.15) is 31.2 Å². The number of halogens is 2. The molecule has 2 aliphatic rings. The first-order chi connectivity index (χ1) is 12.9. The van der Waals surface area contributed by atoms with Gasteiger partial charge in [-0.2, -0.15) is 0 Å². The molecule has 1 atom stereocenters. The maximum absolute atomic E-state index is 13.4. The van der Waals surface area contributed by atoms with Crippen molar-refractivity contribution in [2.75, 3.05) is 46.4 Å². The molecule has 0 spiro atoms. The zero-order chi connectivity index (χ0) is 19.3. The van der Waals surface area contributed by atoms with Crippen molar-refractivity contribution in [2.24, 2.45) is 0 Å². The molecule has 0 saturated carbocycles. The number of rotatable bonds is 8. The van der Waals surface area contributed by atoms with E-state index in [0.29, 0.717) is 37.7 Å². The Morgan fingerprint density at radius 1 is 1.11 bits per heavy atom. The van der Waals surface area contributed by atoms with Gasteiger partial charge < -0.3 is 19.5 Å². The minimum atomic E-state index is -2.55. The number of likely N-dealkylation sites (tertiary alicyclic amines) is 2. The lowest BCUT2D eigenvalue weighted by atomic mass is 10.1. The Bertz CT molecular complexity index is 599. The lowest BCUT2D eigenvalue weighted by molar-refractivity contribution is -0.0567. The van der Waals surface area contributed by atoms with Crippen molar-refractivity contribution in [1.29, 1.82) is 0 Å². The van der Waals surface area contributed by atoms with Gasteiger partial charge in [-0.3, -0.25) is 4.90 Å². The van der Waals surface area contributed by atoms with E-state index in [2.05, 4.69) is 4.90 Å². The summed E-state index contributed by atoms with van der Waals surface area (Å²) in [5.41, 5.74) is 0.925. The standard InChI is InChI=1S/C20H30F2N2O3/c1-26-18-5-4-16(13-24-10-6-20(21,22)7-11-24)19(12-18)27-15-17(25)14-23-8-2-3-9-23/h4-5,12,17,25H,2-3,6-11,13-15H2,1H3/t17-/m0/s1. The van der Waals surface area contributed by atoms with Gasteiger partial charge in [0.2, 0.25) is 0 Å². The third-order valence-electron chi connectivity index (χ3n) is 5.35. The van der Waals surface area contributed by atoms with Crippen molar-refractivity contribution in [3.8, 4) is 11.5 Å². The largest absolute Gasteiger partial charge is 0.497 e. The van der Waals surface area contributed by atoms with Crippen LogP contribution in [0.3, 0.4) is 0 Å². The van der Waals surface area contributed by atoms with E-state index in [1.807, 2.05) is 17.0 Å². The van der Waals surface area contributed by atoms with Gasteiger partial charge in [-0.1, -0.05) is 6.07 Å². The third-order valence-corrected chi connectivity index (χ3v) is 5.35. The second kappa shape index (κ2) is 9.17. The van der Waals surface area contributed by atoms with Gasteiger partial charge in [-0.25, -0.2) is 8.78 Å². The maximum atomic E-state index is 13.4. The van der Waals surface area contributed by atoms with Crippen molar-refractivity contribution in [2.45, 2.75) is 44.3 Å². The molecule has 7 heteroatoms. The summed E-state index contributed by atoms with van der Waals surface area (Å²) in [7, 11) is 1.59. The topological polar surface area (TPSA) is 45.2 Å². The van der Waals surface area contributed by atoms with E-state index in [9.17, 15) is 13.9 Å². The summed E-state index contributed by atoms with van der Waals surface area (Å²) >= 11 is 0. The van der Waals surface area contributed by atoms with E-state index in [1.54, 1.807) is 13.2 Å². The lowest BCUT2D eigenvalue weighted by Gasteiger charge is -2.32. The number of β-amino-alcohol motifs (C(OH)–C–C–N with tert-alkyl or cyclic N) is 1. The number of ether oxygens (including phenoxy) is 2. The van der Waals surface area contributed by atoms with E-state index in [1.165, 1.54) is 12.8 Å². The molecule has 0 aliphatic carbocycles. The smallest absolute Gasteiger partial charge is 0.250 e. The fourth-order valence-corrected chi connectivity index (χ4v) is 3.71. The van der Waals surface area contributed by atoms with Gasteiger partial charge in [0.05, 0.1) is 7.11 Å². The Morgan fingerprint density at radius 2 is 1.81 bits per heavy atom. The summed E-state index contributed by atoms with van der Waals surface area (Å²) in [5, 5.41) is 10.3. The van der Waals surface area contributed by atoms with E-state index < -0.39 is 12.0 Å². The molecule has 0 amide bonds. The molecular formula is C20H30F2N2O3. The normalized spacial score (nSPS) is 21.9. The van der Waals surface area contributed by atoms with E-state index in [0.717, 1.165) is 18.7 Å². The van der Waals surface area contributed by atoms with Crippen LogP contribution < -0.4 is 9.47 Å². The maximum Gasteiger partial charge on any atom is 0.250 e. The van der Waals surface area contributed by atoms with Crippen LogP contribution in [-0.2, 0) is 6.54 Å². The average Bonchev–Trinajstić information content (AvgIpc) is 3.15. The minimum absolute atomic E-state index is 0.103. The molecule has 3 rings (SSSR count). The summed E-state index contributed by atoms with van der Waals surface area (Å²) in [6.45, 7) is 4.17. The molecule has 0 aromatic heterocycles. The summed E-state index contributed by atoms with van der Waals surface area (Å²) in [6, 6.07) is 5.56. The Kier molecular flexibility index (Phi) is 6.89. The van der Waals surface area contributed by atoms with Gasteiger partial charge in [0.25, 0.3) is 5.92 Å². The lowest BCUT2D eigenvalue weighted by Crippen LogP contribution is -2.39. The van der Waals surface area contributed by atoms with Gasteiger partial charge in [-0.05, 0) is 32.0 Å². The molecular weight excluding hydrogens is 354 g/mol. The number of aliphatic hydroxyl groups excluding tert-OH is 1. The first kappa shape index (κ1) is 20.3. The van der Waals surface area contributed by atoms with Gasteiger partial charge in [0.1, 0.15) is 24.2 Å². The molecule has 152 valence electrons. The molecule has 5 nitrogen and oxygen atoms in total. The summed E-state index contributed by atoms with van der Waals surface area (Å²) in [6.07, 6.45) is 1.60. The second-order valence-electron chi connectivity index (χ2n) is 7.58. The first-order valence-electron chi connectivity index (χ1n) is 9.75. The molecule has 2 heterocycles. The summed E-state index contributed by atoms with van der Waals surface area (Å²) < 4.78 is 37.9. The van der Waals surface area contributed by atoms with E-state index in [4.69, 9.17) is 9.47 Å². The molecule has 1 N–H and O–H groups in total. The van der Waals surface area contributed by atoms with Crippen LogP contribution in [0.2, 0.25) is 0 Å². The second-order valence-corrected chi connectivity index (χ2v) is 7.58. The first-order valence-corrected chi connectivity index (χ1v) is 9.75. The molecule has 1 aromatic rings. The van der Waals surface area contributed by atoms with Crippen LogP contribution in [0, 0.1) is 0 Å². The van der Waals surface area contributed by atoms with Crippen molar-refractivity contribution in [3.05, 3.63) is 23.8 Å². The Hall–Kier alpha value is -1.44. The van der Waals surface area contributed by atoms with Crippen molar-refractivity contribution in [1.82, 2.24) is 9.80 Å². The number of alkyl halides is 2. The fraction of sp³-hybridized carbons (Fsp3) is 0.700. The number of hydrogen-bond acceptors (Lipinski definition) is 5. The van der Waals surface area contributed by atoms with Gasteiger partial charge >= 0.3 is 0 Å². The fourth-order valence-electron chi connectivity index (χ4n) is 3.71. The zero-order valence-corrected chi connectivity index (χ0v) is 16.0. The molecule has 0 bridgehead atoms. The van der Waals surface area contributed by atoms with Crippen LogP contribution in [0.15, 0.2) is 18.2 Å². The predicted molar refractivity (Wildman–Crippen MR) is 99.6 cm³/mol. The quantitative estimate of drug-likeness (QED) is 0.747. The highest BCUT2D eigenvalue weighted by atomic mass is 19.3. The third kappa shape index (κ3) is 6.02. The van der Waals surface area contributed by atoms with E-state index in [-0.39, 0.29) is 19.4 Å². The van der Waals surface area contributed by atoms with Gasteiger partial charge in [0.15, 0.2) is 0 Å². The van der Waals surface area contributed by atoms with Crippen LogP contribution in [0.4, 0.5) is 8.78 Å². The molecule has 0 radical (unpaired) electrons. The highest BCUT2D eigenvalue weighted by Crippen LogP contribution is 2.31. The van der Waals surface area contributed by atoms with Crippen molar-refractivity contribution in [3.63, 3.8) is 0 Å². The number of nitrogens with zero attached hydrogens (tertiary/aromatic N) is 2. The SMILES string of the molecule is COc1ccc(CN2CCC(F)(F)CC2)c(OC[C@@H](O)CN2CCCC2)c1. The van der Waals surface area contributed by atoms with Crippen LogP contribution in [0.5, 0.6) is 11.5 Å². The Balaban J connectivity index is 1.58. The molecule has 2 saturated heterocycles. The molecule has 2 fully saturated rings. The number of methoxy groups -OCH3 is 1. The van der Waals surface area contributed by atoms with Crippen LogP contribution in [0.25, 0.3) is 0 Å². The molecule has 2 aliphatic heterocycles. The van der Waals surface area contributed by atoms with Crippen LogP contribution in [-0.4, -0.2) is 73.4 Å². The van der Waals surface area contributed by atoms with Gasteiger partial charge in [-0.15, -0.1) is 0 Å². The number of aliphatic hydroxyl groups is 1. The monoisotopic (exact) mass is 384 g/mol. The van der Waals surface area contributed by atoms with Crippen molar-refractivity contribution >= 4 is 0 Å². The highest BCUT2D eigenvalue weighted by Gasteiger charge is 2.34. The van der Waals surface area contributed by atoms with E-state index >= 15 is 0 Å².